The number of hydrogen-bond acceptors (Lipinski definition) is 3. The summed E-state index contributed by atoms with van der Waals surface area (Å²) in [5, 5.41) is 0. The normalized spacial score (nSPS) is 8.23. The van der Waals surface area contributed by atoms with Gasteiger partial charge >= 0.3 is 0 Å². The van der Waals surface area contributed by atoms with E-state index >= 15 is 0 Å². The number of hydrogen-bond donors (Lipinski definition) is 1. The zero-order chi connectivity index (χ0) is 8.43. The molecule has 0 aliphatic carbocycles. The van der Waals surface area contributed by atoms with E-state index in [-0.39, 0.29) is 24.8 Å². The smallest absolute Gasteiger partial charge is 0.151 e. The van der Waals surface area contributed by atoms with Gasteiger partial charge in [0.05, 0.1) is 5.69 Å². The van der Waals surface area contributed by atoms with Crippen LogP contribution in [-0.2, 0) is 0 Å². The molecular weight excluding hydrogens is 277 g/mol. The highest BCUT2D eigenvalue weighted by Gasteiger charge is 2.01. The van der Waals surface area contributed by atoms with Gasteiger partial charge in [-0.3, -0.25) is 0 Å². The number of halogens is 3. The van der Waals surface area contributed by atoms with E-state index in [1.165, 1.54) is 0 Å². The molecule has 0 spiro atoms. The summed E-state index contributed by atoms with van der Waals surface area (Å²) in [4.78, 5) is 6.01. The second kappa shape index (κ2) is 6.29. The summed E-state index contributed by atoms with van der Waals surface area (Å²) in [7, 11) is 3.82. The topological polar surface area (TPSA) is 42.2 Å². The highest BCUT2D eigenvalue weighted by Crippen LogP contribution is 2.21. The Morgan fingerprint density at radius 3 is 2.31 bits per heavy atom. The molecule has 1 heterocycles. The van der Waals surface area contributed by atoms with Crippen molar-refractivity contribution in [1.82, 2.24) is 4.98 Å². The van der Waals surface area contributed by atoms with Gasteiger partial charge in [0, 0.05) is 24.8 Å². The van der Waals surface area contributed by atoms with Gasteiger partial charge in [-0.15, -0.1) is 24.8 Å². The summed E-state index contributed by atoms with van der Waals surface area (Å²) in [5.74, 6) is 0.799. The Morgan fingerprint density at radius 2 is 1.92 bits per heavy atom. The van der Waals surface area contributed by atoms with Crippen LogP contribution in [0.25, 0.3) is 0 Å². The van der Waals surface area contributed by atoms with Crippen molar-refractivity contribution in [3.8, 4) is 0 Å². The summed E-state index contributed by atoms with van der Waals surface area (Å²) >= 11 is 3.28. The Labute approximate surface area is 98.7 Å². The number of aromatic nitrogens is 1. The van der Waals surface area contributed by atoms with E-state index in [0.29, 0.717) is 5.69 Å². The average molecular weight is 289 g/mol. The van der Waals surface area contributed by atoms with Crippen LogP contribution in [0.1, 0.15) is 0 Å². The molecule has 0 aliphatic heterocycles. The van der Waals surface area contributed by atoms with Gasteiger partial charge in [-0.1, -0.05) is 0 Å². The molecule has 6 heteroatoms. The Morgan fingerprint density at radius 1 is 1.38 bits per heavy atom. The van der Waals surface area contributed by atoms with Crippen molar-refractivity contribution in [1.29, 1.82) is 0 Å². The lowest BCUT2D eigenvalue weighted by molar-refractivity contribution is 1.07. The fraction of sp³-hybridized carbons (Fsp3) is 0.286. The van der Waals surface area contributed by atoms with Crippen molar-refractivity contribution >= 4 is 52.2 Å². The predicted molar refractivity (Wildman–Crippen MR) is 65.2 cm³/mol. The summed E-state index contributed by atoms with van der Waals surface area (Å²) in [6.45, 7) is 0. The van der Waals surface area contributed by atoms with Crippen LogP contribution in [0, 0.1) is 0 Å². The highest BCUT2D eigenvalue weighted by atomic mass is 79.9. The van der Waals surface area contributed by atoms with Crippen LogP contribution in [0.2, 0.25) is 0 Å². The Bertz CT molecular complexity index is 268. The van der Waals surface area contributed by atoms with Crippen LogP contribution < -0.4 is 10.6 Å². The van der Waals surface area contributed by atoms with E-state index in [4.69, 9.17) is 5.73 Å². The lowest BCUT2D eigenvalue weighted by Gasteiger charge is -2.12. The number of rotatable bonds is 1. The van der Waals surface area contributed by atoms with Crippen LogP contribution in [-0.4, -0.2) is 19.1 Å². The van der Waals surface area contributed by atoms with Crippen molar-refractivity contribution in [2.75, 3.05) is 24.7 Å². The first-order valence-electron chi connectivity index (χ1n) is 3.19. The first-order valence-corrected chi connectivity index (χ1v) is 3.99. The summed E-state index contributed by atoms with van der Waals surface area (Å²) in [5.41, 5.74) is 6.37. The van der Waals surface area contributed by atoms with Gasteiger partial charge in [0.1, 0.15) is 0 Å². The van der Waals surface area contributed by atoms with Crippen molar-refractivity contribution in [2.45, 2.75) is 0 Å². The van der Waals surface area contributed by atoms with Crippen LogP contribution in [0.4, 0.5) is 11.5 Å². The van der Waals surface area contributed by atoms with Crippen LogP contribution in [0.3, 0.4) is 0 Å². The number of nitrogens with zero attached hydrogens (tertiary/aromatic N) is 2. The monoisotopic (exact) mass is 287 g/mol. The predicted octanol–water partition coefficient (Wildman–Crippen LogP) is 2.34. The third-order valence-corrected chi connectivity index (χ3v) is 1.72. The molecule has 0 radical (unpaired) electrons. The molecule has 13 heavy (non-hydrogen) atoms. The van der Waals surface area contributed by atoms with Crippen molar-refractivity contribution in [3.63, 3.8) is 0 Å². The zero-order valence-corrected chi connectivity index (χ0v) is 10.5. The number of pyridine rings is 1. The minimum atomic E-state index is 0. The molecule has 0 saturated carbocycles. The maximum Gasteiger partial charge on any atom is 0.151 e. The van der Waals surface area contributed by atoms with E-state index in [2.05, 4.69) is 20.9 Å². The minimum Gasteiger partial charge on any atom is -0.396 e. The van der Waals surface area contributed by atoms with Gasteiger partial charge in [0.25, 0.3) is 0 Å². The molecule has 1 rings (SSSR count). The largest absolute Gasteiger partial charge is 0.396 e. The highest BCUT2D eigenvalue weighted by molar-refractivity contribution is 9.10. The fourth-order valence-corrected chi connectivity index (χ4v) is 1.17. The van der Waals surface area contributed by atoms with Gasteiger partial charge < -0.3 is 10.6 Å². The molecule has 0 atom stereocenters. The van der Waals surface area contributed by atoms with Crippen molar-refractivity contribution in [3.05, 3.63) is 16.7 Å². The van der Waals surface area contributed by atoms with E-state index in [1.54, 1.807) is 6.20 Å². The van der Waals surface area contributed by atoms with Crippen molar-refractivity contribution in [2.24, 2.45) is 0 Å². The lowest BCUT2D eigenvalue weighted by atomic mass is 10.4. The van der Waals surface area contributed by atoms with Crippen LogP contribution in [0.5, 0.6) is 0 Å². The Balaban J connectivity index is 0. The van der Waals surface area contributed by atoms with Gasteiger partial charge in [-0.05, 0) is 22.0 Å². The number of nitrogens with two attached hydrogens (primary N) is 1. The SMILES string of the molecule is CN(C)c1ncc(Br)cc1N.Cl.Cl. The third-order valence-electron chi connectivity index (χ3n) is 1.29. The van der Waals surface area contributed by atoms with E-state index in [9.17, 15) is 0 Å². The van der Waals surface area contributed by atoms with Crippen LogP contribution in [0.15, 0.2) is 16.7 Å². The fourth-order valence-electron chi connectivity index (χ4n) is 0.821. The second-order valence-electron chi connectivity index (χ2n) is 2.46. The third kappa shape index (κ3) is 4.02. The molecule has 3 nitrogen and oxygen atoms in total. The summed E-state index contributed by atoms with van der Waals surface area (Å²) in [6, 6.07) is 1.84. The number of anilines is 2. The summed E-state index contributed by atoms with van der Waals surface area (Å²) < 4.78 is 0.903. The summed E-state index contributed by atoms with van der Waals surface area (Å²) in [6.07, 6.45) is 1.73. The first kappa shape index (κ1) is 15.3. The van der Waals surface area contributed by atoms with E-state index < -0.39 is 0 Å². The molecule has 2 N–H and O–H groups in total. The van der Waals surface area contributed by atoms with Gasteiger partial charge in [-0.25, -0.2) is 4.98 Å². The standard InChI is InChI=1S/C7H10BrN3.2ClH/c1-11(2)7-6(9)3-5(8)4-10-7;;/h3-4H,9H2,1-2H3;2*1H. The molecule has 1 aromatic heterocycles. The molecule has 0 bridgehead atoms. The van der Waals surface area contributed by atoms with Crippen molar-refractivity contribution < 1.29 is 0 Å². The number of nitrogen functional groups attached to an aromatic ring is 1. The van der Waals surface area contributed by atoms with E-state index in [1.807, 2.05) is 25.1 Å². The molecule has 0 fully saturated rings. The van der Waals surface area contributed by atoms with Crippen LogP contribution >= 0.6 is 40.7 Å². The quantitative estimate of drug-likeness (QED) is 0.862. The maximum atomic E-state index is 5.69. The van der Waals surface area contributed by atoms with Gasteiger partial charge in [-0.2, -0.15) is 0 Å². The average Bonchev–Trinajstić information content (AvgIpc) is 1.85. The first-order chi connectivity index (χ1) is 5.11. The molecule has 0 aromatic carbocycles. The molecule has 1 aromatic rings. The zero-order valence-electron chi connectivity index (χ0n) is 7.32. The molecule has 76 valence electrons. The molecule has 0 unspecified atom stereocenters. The molecular formula is C7H12BrCl2N3. The molecule has 0 aliphatic rings. The maximum absolute atomic E-state index is 5.69. The lowest BCUT2D eigenvalue weighted by Crippen LogP contribution is -2.12. The van der Waals surface area contributed by atoms with E-state index in [0.717, 1.165) is 10.3 Å². The van der Waals surface area contributed by atoms with Gasteiger partial charge in [0.15, 0.2) is 5.82 Å². The minimum absolute atomic E-state index is 0. The molecule has 0 saturated heterocycles. The Hall–Kier alpha value is -0.190. The second-order valence-corrected chi connectivity index (χ2v) is 3.38. The Kier molecular flexibility index (Phi) is 7.40. The molecule has 0 amide bonds. The van der Waals surface area contributed by atoms with Gasteiger partial charge in [0.2, 0.25) is 0 Å².